The minimum atomic E-state index is -0.474. The Labute approximate surface area is 203 Å². The van der Waals surface area contributed by atoms with Gasteiger partial charge >= 0.3 is 0 Å². The largest absolute Gasteiger partial charge is 0.352 e. The van der Waals surface area contributed by atoms with Crippen LogP contribution in [0, 0.1) is 0 Å². The quantitative estimate of drug-likeness (QED) is 0.458. The van der Waals surface area contributed by atoms with Crippen LogP contribution in [-0.2, 0) is 29.0 Å². The van der Waals surface area contributed by atoms with E-state index in [4.69, 9.17) is 11.6 Å². The second kappa shape index (κ2) is 12.8. The van der Waals surface area contributed by atoms with E-state index in [0.717, 1.165) is 43.2 Å². The van der Waals surface area contributed by atoms with Gasteiger partial charge in [0.2, 0.25) is 11.8 Å². The fourth-order valence-corrected chi connectivity index (χ4v) is 4.71. The van der Waals surface area contributed by atoms with Crippen molar-refractivity contribution in [3.63, 3.8) is 0 Å². The molecule has 2 amide bonds. The van der Waals surface area contributed by atoms with Gasteiger partial charge in [-0.2, -0.15) is 0 Å². The summed E-state index contributed by atoms with van der Waals surface area (Å²) in [6.45, 7) is 4.52. The van der Waals surface area contributed by atoms with Crippen molar-refractivity contribution in [3.05, 3.63) is 70.2 Å². The monoisotopic (exact) mass is 468 g/mol. The van der Waals surface area contributed by atoms with Gasteiger partial charge < -0.3 is 10.2 Å². The van der Waals surface area contributed by atoms with Crippen molar-refractivity contribution in [1.29, 1.82) is 0 Å². The van der Waals surface area contributed by atoms with Crippen LogP contribution in [0.15, 0.2) is 48.5 Å². The van der Waals surface area contributed by atoms with E-state index < -0.39 is 6.04 Å². The fourth-order valence-electron chi connectivity index (χ4n) is 4.59. The van der Waals surface area contributed by atoms with Crippen LogP contribution in [0.4, 0.5) is 0 Å². The Morgan fingerprint density at radius 1 is 0.939 bits per heavy atom. The summed E-state index contributed by atoms with van der Waals surface area (Å²) in [6, 6.07) is 15.7. The lowest BCUT2D eigenvalue weighted by Crippen LogP contribution is -2.51. The number of hydrogen-bond donors (Lipinski definition) is 1. The molecule has 1 aliphatic carbocycles. The predicted octanol–water partition coefficient (Wildman–Crippen LogP) is 6.09. The molecular formula is C28H37ClN2O2. The molecule has 1 atom stereocenters. The first-order valence-corrected chi connectivity index (χ1v) is 12.8. The van der Waals surface area contributed by atoms with Gasteiger partial charge in [-0.25, -0.2) is 0 Å². The molecule has 1 N–H and O–H groups in total. The van der Waals surface area contributed by atoms with Gasteiger partial charge in [0.15, 0.2) is 0 Å². The maximum absolute atomic E-state index is 13.4. The van der Waals surface area contributed by atoms with Gasteiger partial charge in [-0.3, -0.25) is 9.59 Å². The number of nitrogens with zero attached hydrogens (tertiary/aromatic N) is 1. The molecular weight excluding hydrogens is 432 g/mol. The summed E-state index contributed by atoms with van der Waals surface area (Å²) >= 11 is 6.05. The molecule has 3 rings (SSSR count). The number of carbonyl (C=O) groups is 2. The van der Waals surface area contributed by atoms with Crippen LogP contribution in [0.2, 0.25) is 5.02 Å². The zero-order chi connectivity index (χ0) is 23.6. The number of rotatable bonds is 10. The van der Waals surface area contributed by atoms with Crippen LogP contribution >= 0.6 is 11.6 Å². The minimum Gasteiger partial charge on any atom is -0.352 e. The standard InChI is InChI=1S/C28H37ClN2O2/c1-3-21-10-12-22(13-11-21)16-19-27(32)31(20-23-14-17-24(29)18-15-23)26(4-2)28(33)30-25-8-6-5-7-9-25/h10-15,17-18,25-26H,3-9,16,19-20H2,1-2H3,(H,30,33). The second-order valence-electron chi connectivity index (χ2n) is 9.09. The highest BCUT2D eigenvalue weighted by molar-refractivity contribution is 6.30. The Bertz CT molecular complexity index is 889. The molecule has 1 unspecified atom stereocenters. The van der Waals surface area contributed by atoms with Crippen molar-refractivity contribution >= 4 is 23.4 Å². The van der Waals surface area contributed by atoms with E-state index in [1.807, 2.05) is 31.2 Å². The summed E-state index contributed by atoms with van der Waals surface area (Å²) < 4.78 is 0. The molecule has 4 nitrogen and oxygen atoms in total. The molecule has 0 saturated heterocycles. The highest BCUT2D eigenvalue weighted by atomic mass is 35.5. The average molecular weight is 469 g/mol. The van der Waals surface area contributed by atoms with Crippen molar-refractivity contribution in [3.8, 4) is 0 Å². The number of benzene rings is 2. The summed E-state index contributed by atoms with van der Waals surface area (Å²) in [7, 11) is 0. The molecule has 33 heavy (non-hydrogen) atoms. The number of nitrogens with one attached hydrogen (secondary N) is 1. The SMILES string of the molecule is CCc1ccc(CCC(=O)N(Cc2ccc(Cl)cc2)C(CC)C(=O)NC2CCCCC2)cc1. The molecule has 0 bridgehead atoms. The highest BCUT2D eigenvalue weighted by Crippen LogP contribution is 2.20. The van der Waals surface area contributed by atoms with E-state index in [0.29, 0.717) is 30.8 Å². The van der Waals surface area contributed by atoms with Gasteiger partial charge in [0.1, 0.15) is 6.04 Å². The van der Waals surface area contributed by atoms with Crippen LogP contribution in [-0.4, -0.2) is 28.8 Å². The van der Waals surface area contributed by atoms with Gasteiger partial charge in [0.25, 0.3) is 0 Å². The first-order chi connectivity index (χ1) is 16.0. The molecule has 178 valence electrons. The zero-order valence-electron chi connectivity index (χ0n) is 20.0. The lowest BCUT2D eigenvalue weighted by atomic mass is 9.95. The third-order valence-corrected chi connectivity index (χ3v) is 6.91. The summed E-state index contributed by atoms with van der Waals surface area (Å²) in [4.78, 5) is 28.4. The molecule has 1 saturated carbocycles. The van der Waals surface area contributed by atoms with Crippen molar-refractivity contribution in [2.24, 2.45) is 0 Å². The summed E-state index contributed by atoms with van der Waals surface area (Å²) in [5.74, 6) is -0.0193. The number of amides is 2. The summed E-state index contributed by atoms with van der Waals surface area (Å²) in [5, 5.41) is 3.89. The molecule has 2 aromatic carbocycles. The summed E-state index contributed by atoms with van der Waals surface area (Å²) in [5.41, 5.74) is 3.41. The number of hydrogen-bond acceptors (Lipinski definition) is 2. The van der Waals surface area contributed by atoms with E-state index >= 15 is 0 Å². The van der Waals surface area contributed by atoms with Gasteiger partial charge in [-0.1, -0.05) is 81.1 Å². The lowest BCUT2D eigenvalue weighted by molar-refractivity contribution is -0.141. The second-order valence-corrected chi connectivity index (χ2v) is 9.52. The smallest absolute Gasteiger partial charge is 0.243 e. The zero-order valence-corrected chi connectivity index (χ0v) is 20.7. The molecule has 0 aromatic heterocycles. The third-order valence-electron chi connectivity index (χ3n) is 6.66. The number of halogens is 1. The lowest BCUT2D eigenvalue weighted by Gasteiger charge is -2.33. The van der Waals surface area contributed by atoms with Crippen molar-refractivity contribution in [2.75, 3.05) is 0 Å². The van der Waals surface area contributed by atoms with E-state index in [1.165, 1.54) is 12.0 Å². The first kappa shape index (κ1) is 25.3. The van der Waals surface area contributed by atoms with Crippen molar-refractivity contribution in [2.45, 2.75) is 90.3 Å². The summed E-state index contributed by atoms with van der Waals surface area (Å²) in [6.07, 6.45) is 8.25. The fraction of sp³-hybridized carbons (Fsp3) is 0.500. The number of carbonyl (C=O) groups excluding carboxylic acids is 2. The Morgan fingerprint density at radius 3 is 2.15 bits per heavy atom. The Balaban J connectivity index is 1.73. The number of aryl methyl sites for hydroxylation is 2. The highest BCUT2D eigenvalue weighted by Gasteiger charge is 2.30. The van der Waals surface area contributed by atoms with Crippen molar-refractivity contribution in [1.82, 2.24) is 10.2 Å². The molecule has 5 heteroatoms. The van der Waals surface area contributed by atoms with E-state index in [1.54, 1.807) is 4.90 Å². The molecule has 0 spiro atoms. The molecule has 0 aliphatic heterocycles. The molecule has 1 fully saturated rings. The minimum absolute atomic E-state index is 0.00941. The Kier molecular flexibility index (Phi) is 9.80. The molecule has 0 radical (unpaired) electrons. The van der Waals surface area contributed by atoms with Crippen LogP contribution in [0.3, 0.4) is 0 Å². The van der Waals surface area contributed by atoms with Crippen LogP contribution in [0.1, 0.15) is 75.5 Å². The van der Waals surface area contributed by atoms with E-state index in [2.05, 4.69) is 36.5 Å². The van der Waals surface area contributed by atoms with E-state index in [9.17, 15) is 9.59 Å². The van der Waals surface area contributed by atoms with Gasteiger partial charge in [-0.05, 0) is 60.9 Å². The van der Waals surface area contributed by atoms with Crippen LogP contribution in [0.25, 0.3) is 0 Å². The molecule has 1 aliphatic rings. The molecule has 2 aromatic rings. The normalized spacial score (nSPS) is 15.1. The Morgan fingerprint density at radius 2 is 1.55 bits per heavy atom. The average Bonchev–Trinajstić information content (AvgIpc) is 2.84. The predicted molar refractivity (Wildman–Crippen MR) is 135 cm³/mol. The van der Waals surface area contributed by atoms with E-state index in [-0.39, 0.29) is 17.9 Å². The van der Waals surface area contributed by atoms with Crippen LogP contribution in [0.5, 0.6) is 0 Å². The maximum atomic E-state index is 13.4. The van der Waals surface area contributed by atoms with Gasteiger partial charge in [0.05, 0.1) is 0 Å². The molecule has 0 heterocycles. The first-order valence-electron chi connectivity index (χ1n) is 12.4. The van der Waals surface area contributed by atoms with Gasteiger partial charge in [0, 0.05) is 24.0 Å². The third kappa shape index (κ3) is 7.60. The maximum Gasteiger partial charge on any atom is 0.243 e. The topological polar surface area (TPSA) is 49.4 Å². The van der Waals surface area contributed by atoms with Crippen LogP contribution < -0.4 is 5.32 Å². The Hall–Kier alpha value is -2.33. The van der Waals surface area contributed by atoms with Gasteiger partial charge in [-0.15, -0.1) is 0 Å². The van der Waals surface area contributed by atoms with Crippen molar-refractivity contribution < 1.29 is 9.59 Å².